The van der Waals surface area contributed by atoms with Crippen LogP contribution >= 0.6 is 0 Å². The van der Waals surface area contributed by atoms with Crippen molar-refractivity contribution < 1.29 is 4.79 Å². The molecule has 42 heavy (non-hydrogen) atoms. The van der Waals surface area contributed by atoms with Gasteiger partial charge < -0.3 is 4.57 Å². The third-order valence-corrected chi connectivity index (χ3v) is 10.7. The van der Waals surface area contributed by atoms with Crippen LogP contribution in [0.25, 0.3) is 28.2 Å². The Bertz CT molecular complexity index is 1730. The molecule has 0 saturated heterocycles. The standard InChI is InChI=1S/C40H42NO/c1-5-7-12-26(3)23-27(4)40-21-20-31-30-15-11-22-41-36-24-29(37(42)6-2)16-17-34(36)38(28-13-9-8-10-14-28)39(41)33(30)19-18-32(31)35(40)25-40/h2,5-7,12,16-21,23-24,28,35H,8-11,13-15,22,25H2,1,3-4H3/b6-2?,7-5-,26-12-,27-23+. The van der Waals surface area contributed by atoms with Gasteiger partial charge in [0.1, 0.15) is 0 Å². The SMILES string of the molecule is [CH]=CC(=O)c1ccc2c(C3CCCCC3)c3n(c2c1)CCCc1c-3ccc2c1C=CC1(/C(C)=C/C(C)=C\C=C/C)CC21. The van der Waals surface area contributed by atoms with E-state index in [1.165, 1.54) is 100 Å². The van der Waals surface area contributed by atoms with Crippen molar-refractivity contribution >= 4 is 22.8 Å². The van der Waals surface area contributed by atoms with Crippen LogP contribution in [-0.2, 0) is 13.0 Å². The zero-order chi connectivity index (χ0) is 29.0. The van der Waals surface area contributed by atoms with E-state index in [-0.39, 0.29) is 11.2 Å². The number of benzene rings is 2. The van der Waals surface area contributed by atoms with Crippen molar-refractivity contribution in [1.29, 1.82) is 0 Å². The molecule has 213 valence electrons. The third-order valence-electron chi connectivity index (χ3n) is 10.7. The zero-order valence-electron chi connectivity index (χ0n) is 25.4. The molecule has 1 aromatic heterocycles. The highest BCUT2D eigenvalue weighted by atomic mass is 16.1. The van der Waals surface area contributed by atoms with Crippen LogP contribution in [0.5, 0.6) is 0 Å². The summed E-state index contributed by atoms with van der Waals surface area (Å²) >= 11 is 0. The van der Waals surface area contributed by atoms with Crippen molar-refractivity contribution in [1.82, 2.24) is 4.57 Å². The van der Waals surface area contributed by atoms with Crippen LogP contribution in [0.1, 0.15) is 110 Å². The van der Waals surface area contributed by atoms with Gasteiger partial charge in [-0.3, -0.25) is 4.79 Å². The predicted molar refractivity (Wildman–Crippen MR) is 176 cm³/mol. The molecule has 0 bridgehead atoms. The Morgan fingerprint density at radius 3 is 2.69 bits per heavy atom. The van der Waals surface area contributed by atoms with Crippen molar-refractivity contribution in [3.8, 4) is 11.3 Å². The molecule has 2 heterocycles. The van der Waals surface area contributed by atoms with Gasteiger partial charge in [0.15, 0.2) is 5.78 Å². The van der Waals surface area contributed by atoms with E-state index in [0.717, 1.165) is 19.4 Å². The molecule has 2 heteroatoms. The number of rotatable bonds is 6. The van der Waals surface area contributed by atoms with Crippen molar-refractivity contribution in [2.24, 2.45) is 5.41 Å². The minimum absolute atomic E-state index is 0.107. The van der Waals surface area contributed by atoms with Crippen molar-refractivity contribution in [2.45, 2.75) is 90.5 Å². The quantitative estimate of drug-likeness (QED) is 0.169. The zero-order valence-corrected chi connectivity index (χ0v) is 25.4. The number of hydrogen-bond donors (Lipinski definition) is 0. The molecule has 2 atom stereocenters. The minimum atomic E-state index is -0.107. The minimum Gasteiger partial charge on any atom is -0.340 e. The Hall–Kier alpha value is -3.65. The molecule has 2 aromatic carbocycles. The Morgan fingerprint density at radius 1 is 1.07 bits per heavy atom. The summed E-state index contributed by atoms with van der Waals surface area (Å²) in [5.41, 5.74) is 13.7. The molecule has 4 aliphatic rings. The molecule has 7 rings (SSSR count). The maximum absolute atomic E-state index is 12.6. The Morgan fingerprint density at radius 2 is 1.90 bits per heavy atom. The number of fused-ring (bicyclic) bond motifs is 9. The largest absolute Gasteiger partial charge is 0.340 e. The predicted octanol–water partition coefficient (Wildman–Crippen LogP) is 10.4. The van der Waals surface area contributed by atoms with Gasteiger partial charge in [-0.25, -0.2) is 0 Å². The van der Waals surface area contributed by atoms with E-state index < -0.39 is 0 Å². The molecule has 2 unspecified atom stereocenters. The molecule has 0 N–H and O–H groups in total. The summed E-state index contributed by atoms with van der Waals surface area (Å²) in [5, 5.41) is 1.33. The number of aryl methyl sites for hydroxylation is 1. The highest BCUT2D eigenvalue weighted by molar-refractivity contribution is 6.07. The lowest BCUT2D eigenvalue weighted by molar-refractivity contribution is 0.104. The van der Waals surface area contributed by atoms with E-state index in [4.69, 9.17) is 6.58 Å². The van der Waals surface area contributed by atoms with Gasteiger partial charge in [-0.1, -0.05) is 97.7 Å². The summed E-state index contributed by atoms with van der Waals surface area (Å²) in [5.74, 6) is 1.03. The highest BCUT2D eigenvalue weighted by Gasteiger charge is 2.56. The summed E-state index contributed by atoms with van der Waals surface area (Å²) in [4.78, 5) is 12.6. The first-order valence-corrected chi connectivity index (χ1v) is 16.1. The van der Waals surface area contributed by atoms with Crippen LogP contribution < -0.4 is 0 Å². The first-order chi connectivity index (χ1) is 20.5. The fraction of sp³-hybridized carbons (Fsp3) is 0.375. The Kier molecular flexibility index (Phi) is 6.84. The Labute approximate surface area is 251 Å². The van der Waals surface area contributed by atoms with Crippen LogP contribution in [-0.4, -0.2) is 10.4 Å². The number of aromatic nitrogens is 1. The van der Waals surface area contributed by atoms with Gasteiger partial charge in [0.05, 0.1) is 5.69 Å². The lowest BCUT2D eigenvalue weighted by Crippen LogP contribution is -2.10. The summed E-state index contributed by atoms with van der Waals surface area (Å²) in [7, 11) is 0. The molecule has 1 aliphatic heterocycles. The summed E-state index contributed by atoms with van der Waals surface area (Å²) < 4.78 is 2.55. The normalized spacial score (nSPS) is 23.7. The van der Waals surface area contributed by atoms with E-state index in [0.29, 0.717) is 17.4 Å². The van der Waals surface area contributed by atoms with Gasteiger partial charge in [-0.2, -0.15) is 0 Å². The van der Waals surface area contributed by atoms with Gasteiger partial charge in [-0.05, 0) is 99.1 Å². The molecule has 1 radical (unpaired) electrons. The van der Waals surface area contributed by atoms with Crippen LogP contribution in [0.15, 0.2) is 77.9 Å². The smallest absolute Gasteiger partial charge is 0.185 e. The average molecular weight is 553 g/mol. The molecular formula is C40H42NO. The number of hydrogen-bond acceptors (Lipinski definition) is 1. The molecule has 0 spiro atoms. The first kappa shape index (κ1) is 27.2. The van der Waals surface area contributed by atoms with Crippen molar-refractivity contribution in [2.75, 3.05) is 0 Å². The molecule has 3 aliphatic carbocycles. The van der Waals surface area contributed by atoms with Crippen LogP contribution in [0.4, 0.5) is 0 Å². The second kappa shape index (κ2) is 10.6. The number of carbonyl (C=O) groups is 1. The summed E-state index contributed by atoms with van der Waals surface area (Å²) in [6.45, 7) is 13.2. The number of nitrogens with zero attached hydrogens (tertiary/aromatic N) is 1. The second-order valence-electron chi connectivity index (χ2n) is 13.1. The average Bonchev–Trinajstić information content (AvgIpc) is 3.74. The topological polar surface area (TPSA) is 22.0 Å². The lowest BCUT2D eigenvalue weighted by atomic mass is 9.78. The van der Waals surface area contributed by atoms with E-state index in [9.17, 15) is 4.79 Å². The number of carbonyl (C=O) groups excluding carboxylic acids is 1. The monoisotopic (exact) mass is 552 g/mol. The van der Waals surface area contributed by atoms with E-state index in [2.05, 4.69) is 86.1 Å². The van der Waals surface area contributed by atoms with Crippen molar-refractivity contribution in [3.05, 3.63) is 112 Å². The number of allylic oxidation sites excluding steroid dienone is 8. The van der Waals surface area contributed by atoms with E-state index >= 15 is 0 Å². The Balaban J connectivity index is 1.37. The lowest BCUT2D eigenvalue weighted by Gasteiger charge is -2.26. The fourth-order valence-corrected chi connectivity index (χ4v) is 8.46. The third kappa shape index (κ3) is 4.25. The van der Waals surface area contributed by atoms with Crippen LogP contribution in [0.3, 0.4) is 0 Å². The van der Waals surface area contributed by atoms with Crippen LogP contribution in [0.2, 0.25) is 0 Å². The van der Waals surface area contributed by atoms with Gasteiger partial charge >= 0.3 is 0 Å². The molecule has 2 nitrogen and oxygen atoms in total. The first-order valence-electron chi connectivity index (χ1n) is 16.1. The van der Waals surface area contributed by atoms with E-state index in [1.807, 2.05) is 6.07 Å². The molecular weight excluding hydrogens is 510 g/mol. The van der Waals surface area contributed by atoms with Crippen molar-refractivity contribution in [3.63, 3.8) is 0 Å². The van der Waals surface area contributed by atoms with Gasteiger partial charge in [0.2, 0.25) is 0 Å². The summed E-state index contributed by atoms with van der Waals surface area (Å²) in [6, 6.07) is 11.2. The molecule has 3 aromatic rings. The fourth-order valence-electron chi connectivity index (χ4n) is 8.46. The highest BCUT2D eigenvalue weighted by Crippen LogP contribution is 2.68. The van der Waals surface area contributed by atoms with Gasteiger partial charge in [0, 0.05) is 34.0 Å². The van der Waals surface area contributed by atoms with Crippen LogP contribution in [0, 0.1) is 12.0 Å². The second-order valence-corrected chi connectivity index (χ2v) is 13.1. The molecule has 0 amide bonds. The summed E-state index contributed by atoms with van der Waals surface area (Å²) in [6.07, 6.45) is 24.8. The number of ketones is 1. The maximum Gasteiger partial charge on any atom is 0.185 e. The molecule has 2 saturated carbocycles. The molecule has 2 fully saturated rings. The van der Waals surface area contributed by atoms with E-state index in [1.54, 1.807) is 0 Å². The van der Waals surface area contributed by atoms with Gasteiger partial charge in [0.25, 0.3) is 0 Å². The van der Waals surface area contributed by atoms with Gasteiger partial charge in [-0.15, -0.1) is 0 Å². The maximum atomic E-state index is 12.6.